The number of aromatic amines is 1. The van der Waals surface area contributed by atoms with Crippen molar-refractivity contribution >= 4 is 12.2 Å². The molecular weight excluding hydrogens is 170 g/mol. The lowest BCUT2D eigenvalue weighted by Crippen LogP contribution is -2.46. The Labute approximate surface area is 72.2 Å². The topological polar surface area (TPSA) is 63.1 Å². The predicted octanol–water partition coefficient (Wildman–Crippen LogP) is -1.46. The molecule has 2 aliphatic rings. The number of hydrogen-bond acceptors (Lipinski definition) is 3. The van der Waals surface area contributed by atoms with Crippen LogP contribution in [0.3, 0.4) is 0 Å². The fourth-order valence-corrected chi connectivity index (χ4v) is 1.76. The van der Waals surface area contributed by atoms with Crippen molar-refractivity contribution in [3.8, 4) is 0 Å². The van der Waals surface area contributed by atoms with Gasteiger partial charge in [-0.05, 0) is 24.3 Å². The van der Waals surface area contributed by atoms with Gasteiger partial charge in [-0.1, -0.05) is 6.08 Å². The Kier molecular flexibility index (Phi) is 1.07. The van der Waals surface area contributed by atoms with Crippen LogP contribution < -0.4 is 21.9 Å². The Morgan fingerprint density at radius 3 is 2.92 bits per heavy atom. The summed E-state index contributed by atoms with van der Waals surface area (Å²) in [5.74, 6) is 0.297. The highest BCUT2D eigenvalue weighted by atomic mass is 16.4. The van der Waals surface area contributed by atoms with Gasteiger partial charge in [-0.3, -0.25) is 9.78 Å². The molecule has 4 heteroatoms. The van der Waals surface area contributed by atoms with Crippen molar-refractivity contribution < 1.29 is 4.42 Å². The first-order valence-corrected chi connectivity index (χ1v) is 4.21. The zero-order valence-corrected chi connectivity index (χ0v) is 6.74. The molecule has 3 rings (SSSR count). The SMILES string of the molecule is O=c1[nH]c(=O)c2c(o1)=CC1CC1C=2. The molecule has 0 bridgehead atoms. The lowest BCUT2D eigenvalue weighted by Gasteiger charge is -1.94. The van der Waals surface area contributed by atoms with E-state index in [0.717, 1.165) is 6.42 Å². The van der Waals surface area contributed by atoms with Gasteiger partial charge in [-0.2, -0.15) is 0 Å². The van der Waals surface area contributed by atoms with Crippen LogP contribution >= 0.6 is 0 Å². The Hall–Kier alpha value is -1.58. The molecule has 0 radical (unpaired) electrons. The summed E-state index contributed by atoms with van der Waals surface area (Å²) in [6.45, 7) is 0. The van der Waals surface area contributed by atoms with Crippen LogP contribution in [0.15, 0.2) is 14.0 Å². The molecule has 2 aliphatic carbocycles. The average molecular weight is 177 g/mol. The fourth-order valence-electron chi connectivity index (χ4n) is 1.76. The van der Waals surface area contributed by atoms with Crippen LogP contribution in [0.5, 0.6) is 0 Å². The lowest BCUT2D eigenvalue weighted by molar-refractivity contribution is 0.440. The van der Waals surface area contributed by atoms with E-state index in [2.05, 4.69) is 4.98 Å². The molecule has 2 unspecified atom stereocenters. The van der Waals surface area contributed by atoms with Crippen molar-refractivity contribution in [1.82, 2.24) is 4.98 Å². The van der Waals surface area contributed by atoms with E-state index in [0.29, 0.717) is 22.5 Å². The summed E-state index contributed by atoms with van der Waals surface area (Å²) in [6.07, 6.45) is 4.83. The molecular formula is C9H7NO3. The first-order chi connectivity index (χ1) is 6.24. The third-order valence-electron chi connectivity index (χ3n) is 2.57. The molecule has 66 valence electrons. The molecule has 1 aromatic heterocycles. The van der Waals surface area contributed by atoms with Gasteiger partial charge in [0.1, 0.15) is 5.42 Å². The van der Waals surface area contributed by atoms with Gasteiger partial charge in [0, 0.05) is 0 Å². The molecule has 1 saturated carbocycles. The van der Waals surface area contributed by atoms with E-state index in [9.17, 15) is 9.59 Å². The highest BCUT2D eigenvalue weighted by Crippen LogP contribution is 2.41. The van der Waals surface area contributed by atoms with Crippen LogP contribution in [-0.4, -0.2) is 4.98 Å². The second-order valence-electron chi connectivity index (χ2n) is 3.52. The minimum Gasteiger partial charge on any atom is -0.410 e. The van der Waals surface area contributed by atoms with Crippen molar-refractivity contribution in [2.24, 2.45) is 11.8 Å². The van der Waals surface area contributed by atoms with Crippen molar-refractivity contribution in [1.29, 1.82) is 0 Å². The van der Waals surface area contributed by atoms with Crippen LogP contribution in [0.4, 0.5) is 0 Å². The Bertz CT molecular complexity index is 593. The van der Waals surface area contributed by atoms with Gasteiger partial charge in [0.15, 0.2) is 0 Å². The van der Waals surface area contributed by atoms with E-state index in [1.54, 1.807) is 0 Å². The van der Waals surface area contributed by atoms with Gasteiger partial charge in [-0.25, -0.2) is 4.79 Å². The van der Waals surface area contributed by atoms with E-state index < -0.39 is 5.76 Å². The molecule has 0 saturated heterocycles. The molecule has 1 N–H and O–H groups in total. The second-order valence-corrected chi connectivity index (χ2v) is 3.52. The average Bonchev–Trinajstić information content (AvgIpc) is 2.78. The third kappa shape index (κ3) is 0.915. The molecule has 4 nitrogen and oxygen atoms in total. The lowest BCUT2D eigenvalue weighted by atomic mass is 10.2. The van der Waals surface area contributed by atoms with Gasteiger partial charge in [-0.15, -0.1) is 0 Å². The number of fused-ring (bicyclic) bond motifs is 2. The summed E-state index contributed by atoms with van der Waals surface area (Å²) >= 11 is 0. The highest BCUT2D eigenvalue weighted by molar-refractivity contribution is 5.46. The Morgan fingerprint density at radius 2 is 2.08 bits per heavy atom. The number of rotatable bonds is 0. The fraction of sp³-hybridized carbons (Fsp3) is 0.333. The normalized spacial score (nSPS) is 28.0. The van der Waals surface area contributed by atoms with E-state index in [4.69, 9.17) is 4.42 Å². The molecule has 1 fully saturated rings. The van der Waals surface area contributed by atoms with Gasteiger partial charge in [0.25, 0.3) is 5.56 Å². The quantitative estimate of drug-likeness (QED) is 0.526. The zero-order valence-electron chi connectivity index (χ0n) is 6.74. The molecule has 1 heterocycles. The Balaban J connectivity index is 2.56. The summed E-state index contributed by atoms with van der Waals surface area (Å²) in [7, 11) is 0. The molecule has 0 spiro atoms. The van der Waals surface area contributed by atoms with Gasteiger partial charge in [0.2, 0.25) is 0 Å². The molecule has 0 amide bonds. The predicted molar refractivity (Wildman–Crippen MR) is 45.4 cm³/mol. The molecule has 0 aliphatic heterocycles. The van der Waals surface area contributed by atoms with Crippen LogP contribution in [0.25, 0.3) is 12.2 Å². The Morgan fingerprint density at radius 1 is 1.31 bits per heavy atom. The number of hydrogen-bond donors (Lipinski definition) is 1. The van der Waals surface area contributed by atoms with Crippen molar-refractivity contribution in [2.45, 2.75) is 6.42 Å². The maximum absolute atomic E-state index is 11.3. The summed E-state index contributed by atoms with van der Waals surface area (Å²) in [5.41, 5.74) is 0.0975. The summed E-state index contributed by atoms with van der Waals surface area (Å²) < 4.78 is 4.88. The van der Waals surface area contributed by atoms with Gasteiger partial charge in [0.05, 0.1) is 5.22 Å². The van der Waals surface area contributed by atoms with Crippen molar-refractivity contribution in [3.05, 3.63) is 31.5 Å². The maximum Gasteiger partial charge on any atom is 0.419 e. The van der Waals surface area contributed by atoms with E-state index in [1.165, 1.54) is 0 Å². The summed E-state index contributed by atoms with van der Waals surface area (Å²) in [6, 6.07) is 0. The van der Waals surface area contributed by atoms with Crippen molar-refractivity contribution in [3.63, 3.8) is 0 Å². The van der Waals surface area contributed by atoms with Gasteiger partial charge >= 0.3 is 5.76 Å². The van der Waals surface area contributed by atoms with Crippen LogP contribution in [-0.2, 0) is 0 Å². The molecule has 0 aromatic carbocycles. The second kappa shape index (κ2) is 2.02. The minimum absolute atomic E-state index is 0.340. The number of nitrogens with one attached hydrogen (secondary N) is 1. The van der Waals surface area contributed by atoms with Crippen LogP contribution in [0.1, 0.15) is 6.42 Å². The monoisotopic (exact) mass is 177 g/mol. The van der Waals surface area contributed by atoms with Gasteiger partial charge < -0.3 is 4.42 Å². The largest absolute Gasteiger partial charge is 0.419 e. The molecule has 13 heavy (non-hydrogen) atoms. The molecule has 2 atom stereocenters. The number of H-pyrrole nitrogens is 1. The summed E-state index contributed by atoms with van der Waals surface area (Å²) in [5, 5.41) is 0.512. The van der Waals surface area contributed by atoms with Crippen LogP contribution in [0, 0.1) is 11.8 Å². The molecule has 1 aromatic rings. The first kappa shape index (κ1) is 6.88. The first-order valence-electron chi connectivity index (χ1n) is 4.21. The van der Waals surface area contributed by atoms with Crippen LogP contribution in [0.2, 0.25) is 0 Å². The van der Waals surface area contributed by atoms with E-state index in [1.807, 2.05) is 12.2 Å². The van der Waals surface area contributed by atoms with Crippen molar-refractivity contribution in [2.75, 3.05) is 0 Å². The highest BCUT2D eigenvalue weighted by Gasteiger charge is 2.35. The zero-order chi connectivity index (χ0) is 9.00. The maximum atomic E-state index is 11.3. The van der Waals surface area contributed by atoms with E-state index >= 15 is 0 Å². The summed E-state index contributed by atoms with van der Waals surface area (Å²) in [4.78, 5) is 24.2. The number of aromatic nitrogens is 1. The van der Waals surface area contributed by atoms with E-state index in [-0.39, 0.29) is 5.56 Å². The third-order valence-corrected chi connectivity index (χ3v) is 2.57. The minimum atomic E-state index is -0.674. The standard InChI is InChI=1S/C9H7NO3/c11-8-6-2-4-1-5(4)3-7(6)13-9(12)10-8/h2-5H,1H2,(H,10,11,12). The smallest absolute Gasteiger partial charge is 0.410 e.